The first-order valence-corrected chi connectivity index (χ1v) is 6.71. The van der Waals surface area contributed by atoms with Crippen LogP contribution in [0, 0.1) is 5.92 Å². The number of aliphatic hydroxyl groups is 1. The van der Waals surface area contributed by atoms with E-state index in [0.717, 1.165) is 0 Å². The van der Waals surface area contributed by atoms with Gasteiger partial charge in [0.2, 0.25) is 0 Å². The van der Waals surface area contributed by atoms with Gasteiger partial charge in [0.1, 0.15) is 0 Å². The van der Waals surface area contributed by atoms with Crippen molar-refractivity contribution in [1.82, 2.24) is 10.2 Å². The Morgan fingerprint density at radius 2 is 1.84 bits per heavy atom. The van der Waals surface area contributed by atoms with Crippen LogP contribution in [0.5, 0.6) is 0 Å². The highest BCUT2D eigenvalue weighted by atomic mass is 16.4. The quantitative estimate of drug-likeness (QED) is 0.713. The largest absolute Gasteiger partial charge is 0.481 e. The third-order valence-corrected chi connectivity index (χ3v) is 3.64. The maximum atomic E-state index is 12.0. The summed E-state index contributed by atoms with van der Waals surface area (Å²) in [7, 11) is 0. The highest BCUT2D eigenvalue weighted by molar-refractivity contribution is 5.76. The van der Waals surface area contributed by atoms with Gasteiger partial charge >= 0.3 is 12.0 Å². The molecule has 2 amide bonds. The van der Waals surface area contributed by atoms with Crippen LogP contribution in [0.25, 0.3) is 0 Å². The van der Waals surface area contributed by atoms with Crippen LogP contribution in [0.15, 0.2) is 0 Å². The summed E-state index contributed by atoms with van der Waals surface area (Å²) in [6, 6.07) is -0.608. The molecule has 0 aliphatic carbocycles. The molecule has 3 N–H and O–H groups in total. The Morgan fingerprint density at radius 3 is 2.26 bits per heavy atom. The minimum Gasteiger partial charge on any atom is -0.481 e. The van der Waals surface area contributed by atoms with Gasteiger partial charge in [-0.3, -0.25) is 4.79 Å². The molecular formula is C13H24N2O4. The number of likely N-dealkylation sites (tertiary alicyclic amines) is 1. The summed E-state index contributed by atoms with van der Waals surface area (Å²) in [5.41, 5.74) is -0.699. The van der Waals surface area contributed by atoms with Crippen molar-refractivity contribution >= 4 is 12.0 Å². The number of hydrogen-bond acceptors (Lipinski definition) is 3. The Labute approximate surface area is 113 Å². The molecule has 19 heavy (non-hydrogen) atoms. The topological polar surface area (TPSA) is 89.9 Å². The molecule has 1 rings (SSSR count). The van der Waals surface area contributed by atoms with Gasteiger partial charge in [-0.25, -0.2) is 4.79 Å². The molecule has 0 bridgehead atoms. The second-order valence-electron chi connectivity index (χ2n) is 5.88. The molecular weight excluding hydrogens is 248 g/mol. The van der Waals surface area contributed by atoms with Crippen LogP contribution in [0.3, 0.4) is 0 Å². The van der Waals surface area contributed by atoms with Gasteiger partial charge in [0.25, 0.3) is 0 Å². The molecule has 1 atom stereocenters. The van der Waals surface area contributed by atoms with E-state index in [1.807, 2.05) is 13.8 Å². The maximum Gasteiger partial charge on any atom is 0.317 e. The summed E-state index contributed by atoms with van der Waals surface area (Å²) < 4.78 is 0. The fraction of sp³-hybridized carbons (Fsp3) is 0.846. The number of carboxylic acid groups (broad SMARTS) is 1. The van der Waals surface area contributed by atoms with Crippen molar-refractivity contribution in [2.45, 2.75) is 51.7 Å². The van der Waals surface area contributed by atoms with Gasteiger partial charge in [-0.05, 0) is 25.7 Å². The third-order valence-electron chi connectivity index (χ3n) is 3.64. The number of carbonyl (C=O) groups excluding carboxylic acids is 1. The number of nitrogens with one attached hydrogen (secondary N) is 1. The molecule has 0 saturated carbocycles. The van der Waals surface area contributed by atoms with Crippen molar-refractivity contribution in [2.75, 3.05) is 13.1 Å². The average Bonchev–Trinajstić information content (AvgIpc) is 2.27. The van der Waals surface area contributed by atoms with Crippen molar-refractivity contribution < 1.29 is 19.8 Å². The SMILES string of the molecule is CC(C)C(CC(=O)O)NC(=O)N1CCC(C)(O)CC1. The predicted molar refractivity (Wildman–Crippen MR) is 70.8 cm³/mol. The Hall–Kier alpha value is -1.30. The van der Waals surface area contributed by atoms with Crippen LogP contribution in [-0.2, 0) is 4.79 Å². The summed E-state index contributed by atoms with van der Waals surface area (Å²) in [5, 5.41) is 21.4. The fourth-order valence-electron chi connectivity index (χ4n) is 2.08. The van der Waals surface area contributed by atoms with Crippen LogP contribution in [0.1, 0.15) is 40.0 Å². The summed E-state index contributed by atoms with van der Waals surface area (Å²) in [5.74, 6) is -0.853. The first-order chi connectivity index (χ1) is 8.71. The second kappa shape index (κ2) is 6.23. The van der Waals surface area contributed by atoms with Crippen molar-refractivity contribution in [3.63, 3.8) is 0 Å². The normalized spacial score (nSPS) is 20.2. The summed E-state index contributed by atoms with van der Waals surface area (Å²) in [4.78, 5) is 24.4. The molecule has 1 fully saturated rings. The smallest absolute Gasteiger partial charge is 0.317 e. The minimum atomic E-state index is -0.916. The molecule has 1 aliphatic rings. The zero-order valence-electron chi connectivity index (χ0n) is 11.8. The standard InChI is InChI=1S/C13H24N2O4/c1-9(2)10(8-11(16)17)14-12(18)15-6-4-13(3,19)5-7-15/h9-10,19H,4-8H2,1-3H3,(H,14,18)(H,16,17). The average molecular weight is 272 g/mol. The molecule has 0 aromatic rings. The predicted octanol–water partition coefficient (Wildman–Crippen LogP) is 1.04. The Balaban J connectivity index is 2.51. The Bertz CT molecular complexity index is 332. The van der Waals surface area contributed by atoms with E-state index in [1.165, 1.54) is 0 Å². The molecule has 110 valence electrons. The molecule has 1 unspecified atom stereocenters. The number of carbonyl (C=O) groups is 2. The molecule has 1 heterocycles. The molecule has 0 radical (unpaired) electrons. The number of hydrogen-bond donors (Lipinski definition) is 3. The number of aliphatic carboxylic acids is 1. The molecule has 6 heteroatoms. The fourth-order valence-corrected chi connectivity index (χ4v) is 2.08. The van der Waals surface area contributed by atoms with Gasteiger partial charge < -0.3 is 20.4 Å². The summed E-state index contributed by atoms with van der Waals surface area (Å²) >= 11 is 0. The van der Waals surface area contributed by atoms with E-state index in [0.29, 0.717) is 25.9 Å². The number of carboxylic acids is 1. The van der Waals surface area contributed by atoms with E-state index < -0.39 is 11.6 Å². The van der Waals surface area contributed by atoms with Gasteiger partial charge in [-0.2, -0.15) is 0 Å². The number of urea groups is 1. The first-order valence-electron chi connectivity index (χ1n) is 6.71. The molecule has 1 aliphatic heterocycles. The lowest BCUT2D eigenvalue weighted by Gasteiger charge is -2.36. The first kappa shape index (κ1) is 15.8. The molecule has 1 saturated heterocycles. The van der Waals surface area contributed by atoms with E-state index >= 15 is 0 Å². The van der Waals surface area contributed by atoms with E-state index in [9.17, 15) is 14.7 Å². The maximum absolute atomic E-state index is 12.0. The highest BCUT2D eigenvalue weighted by Crippen LogP contribution is 2.21. The number of piperidine rings is 1. The lowest BCUT2D eigenvalue weighted by atomic mass is 9.94. The number of nitrogens with zero attached hydrogens (tertiary/aromatic N) is 1. The van der Waals surface area contributed by atoms with Gasteiger partial charge in [0.15, 0.2) is 0 Å². The van der Waals surface area contributed by atoms with E-state index in [-0.39, 0.29) is 24.4 Å². The number of amides is 2. The van der Waals surface area contributed by atoms with Crippen molar-refractivity contribution in [3.8, 4) is 0 Å². The monoisotopic (exact) mass is 272 g/mol. The van der Waals surface area contributed by atoms with Gasteiger partial charge in [0, 0.05) is 19.1 Å². The van der Waals surface area contributed by atoms with Gasteiger partial charge in [0.05, 0.1) is 12.0 Å². The molecule has 0 spiro atoms. The van der Waals surface area contributed by atoms with Crippen molar-refractivity contribution in [2.24, 2.45) is 5.92 Å². The van der Waals surface area contributed by atoms with Gasteiger partial charge in [-0.15, -0.1) is 0 Å². The number of rotatable bonds is 4. The van der Waals surface area contributed by atoms with E-state index in [2.05, 4.69) is 5.32 Å². The van der Waals surface area contributed by atoms with Crippen LogP contribution in [0.4, 0.5) is 4.79 Å². The summed E-state index contributed by atoms with van der Waals surface area (Å²) in [6.45, 7) is 6.53. The summed E-state index contributed by atoms with van der Waals surface area (Å²) in [6.07, 6.45) is 1.02. The Morgan fingerprint density at radius 1 is 1.32 bits per heavy atom. The molecule has 0 aromatic carbocycles. The van der Waals surface area contributed by atoms with Crippen molar-refractivity contribution in [1.29, 1.82) is 0 Å². The molecule has 0 aromatic heterocycles. The van der Waals surface area contributed by atoms with E-state index in [1.54, 1.807) is 11.8 Å². The third kappa shape index (κ3) is 5.06. The van der Waals surface area contributed by atoms with Crippen LogP contribution < -0.4 is 5.32 Å². The zero-order valence-corrected chi connectivity index (χ0v) is 11.8. The van der Waals surface area contributed by atoms with E-state index in [4.69, 9.17) is 5.11 Å². The second-order valence-corrected chi connectivity index (χ2v) is 5.88. The molecule has 6 nitrogen and oxygen atoms in total. The van der Waals surface area contributed by atoms with Crippen LogP contribution in [0.2, 0.25) is 0 Å². The van der Waals surface area contributed by atoms with Crippen LogP contribution in [-0.4, -0.2) is 51.8 Å². The van der Waals surface area contributed by atoms with Crippen molar-refractivity contribution in [3.05, 3.63) is 0 Å². The lowest BCUT2D eigenvalue weighted by Crippen LogP contribution is -2.52. The Kier molecular flexibility index (Phi) is 5.17. The highest BCUT2D eigenvalue weighted by Gasteiger charge is 2.30. The minimum absolute atomic E-state index is 0.0629. The van der Waals surface area contributed by atoms with Crippen LogP contribution >= 0.6 is 0 Å². The van der Waals surface area contributed by atoms with Gasteiger partial charge in [-0.1, -0.05) is 13.8 Å². The lowest BCUT2D eigenvalue weighted by molar-refractivity contribution is -0.137. The zero-order chi connectivity index (χ0) is 14.6.